The SMILES string of the molecule is Cc1cc(C)cc(N2C(=O)NC(=O)/C(=C\c3ccc(OCc4ccccc4)c([N+](=O)[O-])c3)C2=O)c1. The predicted molar refractivity (Wildman–Crippen MR) is 129 cm³/mol. The second-order valence-electron chi connectivity index (χ2n) is 8.06. The molecule has 0 bridgehead atoms. The van der Waals surface area contributed by atoms with Crippen molar-refractivity contribution in [3.05, 3.63) is 105 Å². The number of barbiturate groups is 1. The molecule has 0 aliphatic carbocycles. The first-order valence-electron chi connectivity index (χ1n) is 10.7. The van der Waals surface area contributed by atoms with Crippen molar-refractivity contribution in [3.63, 3.8) is 0 Å². The molecule has 0 aromatic heterocycles. The summed E-state index contributed by atoms with van der Waals surface area (Å²) in [5.74, 6) is -1.66. The van der Waals surface area contributed by atoms with Gasteiger partial charge in [0, 0.05) is 6.07 Å². The van der Waals surface area contributed by atoms with Crippen LogP contribution in [0.3, 0.4) is 0 Å². The molecule has 9 heteroatoms. The predicted octanol–water partition coefficient (Wildman–Crippen LogP) is 4.46. The van der Waals surface area contributed by atoms with Crippen LogP contribution in [0.5, 0.6) is 5.75 Å². The van der Waals surface area contributed by atoms with Crippen LogP contribution in [0, 0.1) is 24.0 Å². The maximum atomic E-state index is 13.1. The van der Waals surface area contributed by atoms with Gasteiger partial charge in [0.2, 0.25) is 0 Å². The van der Waals surface area contributed by atoms with Crippen LogP contribution in [0.25, 0.3) is 6.08 Å². The number of benzene rings is 3. The Bertz CT molecular complexity index is 1360. The molecule has 9 nitrogen and oxygen atoms in total. The number of hydrogen-bond acceptors (Lipinski definition) is 6. The van der Waals surface area contributed by atoms with Crippen molar-refractivity contribution in [1.82, 2.24) is 5.32 Å². The van der Waals surface area contributed by atoms with E-state index >= 15 is 0 Å². The quantitative estimate of drug-likeness (QED) is 0.245. The largest absolute Gasteiger partial charge is 0.482 e. The molecule has 1 saturated heterocycles. The van der Waals surface area contributed by atoms with E-state index in [2.05, 4.69) is 5.32 Å². The molecule has 0 saturated carbocycles. The molecular formula is C26H21N3O6. The van der Waals surface area contributed by atoms with Gasteiger partial charge < -0.3 is 4.74 Å². The third-order valence-corrected chi connectivity index (χ3v) is 5.29. The minimum absolute atomic E-state index is 0.0486. The monoisotopic (exact) mass is 471 g/mol. The number of imide groups is 2. The maximum Gasteiger partial charge on any atom is 0.335 e. The van der Waals surface area contributed by atoms with Crippen LogP contribution in [-0.4, -0.2) is 22.8 Å². The molecule has 176 valence electrons. The van der Waals surface area contributed by atoms with Crippen LogP contribution in [0.4, 0.5) is 16.2 Å². The number of aryl methyl sites for hydroxylation is 2. The number of amides is 4. The highest BCUT2D eigenvalue weighted by atomic mass is 16.6. The highest BCUT2D eigenvalue weighted by Gasteiger charge is 2.37. The van der Waals surface area contributed by atoms with E-state index in [-0.39, 0.29) is 29.2 Å². The lowest BCUT2D eigenvalue weighted by atomic mass is 10.0. The average Bonchev–Trinajstić information content (AvgIpc) is 2.80. The summed E-state index contributed by atoms with van der Waals surface area (Å²) in [5.41, 5.74) is 2.43. The Hall–Kier alpha value is -4.79. The van der Waals surface area contributed by atoms with E-state index in [1.54, 1.807) is 12.1 Å². The zero-order valence-electron chi connectivity index (χ0n) is 19.0. The van der Waals surface area contributed by atoms with Gasteiger partial charge in [0.05, 0.1) is 10.6 Å². The molecule has 1 fully saturated rings. The van der Waals surface area contributed by atoms with Gasteiger partial charge in [-0.3, -0.25) is 25.0 Å². The minimum atomic E-state index is -0.882. The normalized spacial score (nSPS) is 14.7. The number of nitrogens with one attached hydrogen (secondary N) is 1. The van der Waals surface area contributed by atoms with E-state index in [1.165, 1.54) is 24.3 Å². The Kier molecular flexibility index (Phi) is 6.41. The summed E-state index contributed by atoms with van der Waals surface area (Å²) < 4.78 is 5.62. The number of hydrogen-bond donors (Lipinski definition) is 1. The number of rotatable bonds is 6. The Morgan fingerprint density at radius 1 is 0.971 bits per heavy atom. The summed E-state index contributed by atoms with van der Waals surface area (Å²) in [4.78, 5) is 50.0. The van der Waals surface area contributed by atoms with Crippen LogP contribution in [-0.2, 0) is 16.2 Å². The van der Waals surface area contributed by atoms with Crippen LogP contribution in [0.2, 0.25) is 0 Å². The summed E-state index contributed by atoms with van der Waals surface area (Å²) in [6.45, 7) is 3.78. The number of nitro groups is 1. The van der Waals surface area contributed by atoms with Crippen molar-refractivity contribution < 1.29 is 24.0 Å². The fourth-order valence-corrected chi connectivity index (χ4v) is 3.76. The number of urea groups is 1. The van der Waals surface area contributed by atoms with Gasteiger partial charge in [0.25, 0.3) is 11.8 Å². The molecule has 0 spiro atoms. The summed E-state index contributed by atoms with van der Waals surface area (Å²) >= 11 is 0. The van der Waals surface area contributed by atoms with Gasteiger partial charge in [0.15, 0.2) is 5.75 Å². The first-order valence-corrected chi connectivity index (χ1v) is 10.7. The third-order valence-electron chi connectivity index (χ3n) is 5.29. The van der Waals surface area contributed by atoms with Gasteiger partial charge in [-0.1, -0.05) is 42.5 Å². The fourth-order valence-electron chi connectivity index (χ4n) is 3.76. The Morgan fingerprint density at radius 2 is 1.66 bits per heavy atom. The van der Waals surface area contributed by atoms with E-state index in [0.29, 0.717) is 5.69 Å². The van der Waals surface area contributed by atoms with E-state index in [0.717, 1.165) is 21.6 Å². The summed E-state index contributed by atoms with van der Waals surface area (Å²) in [6, 6.07) is 17.6. The van der Waals surface area contributed by atoms with Gasteiger partial charge in [-0.15, -0.1) is 0 Å². The molecule has 3 aromatic carbocycles. The van der Waals surface area contributed by atoms with Crippen LogP contribution < -0.4 is 15.0 Å². The van der Waals surface area contributed by atoms with Gasteiger partial charge >= 0.3 is 11.7 Å². The lowest BCUT2D eigenvalue weighted by molar-refractivity contribution is -0.386. The number of ether oxygens (including phenoxy) is 1. The molecule has 1 aliphatic rings. The summed E-state index contributed by atoms with van der Waals surface area (Å²) in [7, 11) is 0. The highest BCUT2D eigenvalue weighted by Crippen LogP contribution is 2.30. The fraction of sp³-hybridized carbons (Fsp3) is 0.115. The summed E-state index contributed by atoms with van der Waals surface area (Å²) in [5, 5.41) is 13.8. The molecule has 0 radical (unpaired) electrons. The number of nitrogens with zero attached hydrogens (tertiary/aromatic N) is 2. The second-order valence-corrected chi connectivity index (χ2v) is 8.06. The molecule has 1 aliphatic heterocycles. The lowest BCUT2D eigenvalue weighted by Gasteiger charge is -2.27. The van der Waals surface area contributed by atoms with Crippen molar-refractivity contribution in [2.24, 2.45) is 0 Å². The van der Waals surface area contributed by atoms with Crippen molar-refractivity contribution >= 4 is 35.3 Å². The van der Waals surface area contributed by atoms with E-state index < -0.39 is 22.8 Å². The maximum absolute atomic E-state index is 13.1. The average molecular weight is 471 g/mol. The van der Waals surface area contributed by atoms with Crippen molar-refractivity contribution in [1.29, 1.82) is 0 Å². The molecule has 4 amide bonds. The minimum Gasteiger partial charge on any atom is -0.482 e. The van der Waals surface area contributed by atoms with E-state index in [9.17, 15) is 24.5 Å². The van der Waals surface area contributed by atoms with Crippen LogP contribution >= 0.6 is 0 Å². The molecule has 4 rings (SSSR count). The first-order chi connectivity index (χ1) is 16.7. The zero-order valence-corrected chi connectivity index (χ0v) is 19.0. The number of nitro benzene ring substituents is 1. The lowest BCUT2D eigenvalue weighted by Crippen LogP contribution is -2.54. The Labute approximate surface area is 200 Å². The molecule has 0 atom stereocenters. The van der Waals surface area contributed by atoms with Crippen molar-refractivity contribution in [3.8, 4) is 5.75 Å². The molecule has 1 N–H and O–H groups in total. The second kappa shape index (κ2) is 9.60. The van der Waals surface area contributed by atoms with Gasteiger partial charge in [-0.05, 0) is 60.4 Å². The number of carbonyl (C=O) groups excluding carboxylic acids is 3. The standard InChI is InChI=1S/C26H21N3O6/c1-16-10-17(2)12-20(11-16)28-25(31)21(24(30)27-26(28)32)13-19-8-9-23(22(14-19)29(33)34)35-15-18-6-4-3-5-7-18/h3-14H,15H2,1-2H3,(H,27,30,32)/b21-13+. The number of anilines is 1. The zero-order chi connectivity index (χ0) is 25.1. The van der Waals surface area contributed by atoms with E-state index in [4.69, 9.17) is 4.74 Å². The van der Waals surface area contributed by atoms with Gasteiger partial charge in [0.1, 0.15) is 12.2 Å². The molecule has 1 heterocycles. The van der Waals surface area contributed by atoms with E-state index in [1.807, 2.05) is 50.2 Å². The third kappa shape index (κ3) is 5.09. The van der Waals surface area contributed by atoms with Crippen LogP contribution in [0.1, 0.15) is 22.3 Å². The first kappa shape index (κ1) is 23.4. The van der Waals surface area contributed by atoms with Crippen molar-refractivity contribution in [2.45, 2.75) is 20.5 Å². The highest BCUT2D eigenvalue weighted by molar-refractivity contribution is 6.39. The van der Waals surface area contributed by atoms with Gasteiger partial charge in [-0.25, -0.2) is 9.69 Å². The molecular weight excluding hydrogens is 450 g/mol. The van der Waals surface area contributed by atoms with Gasteiger partial charge in [-0.2, -0.15) is 0 Å². The molecule has 3 aromatic rings. The molecule has 35 heavy (non-hydrogen) atoms. The topological polar surface area (TPSA) is 119 Å². The van der Waals surface area contributed by atoms with Crippen LogP contribution in [0.15, 0.2) is 72.3 Å². The number of carbonyl (C=O) groups is 3. The molecule has 0 unspecified atom stereocenters. The Morgan fingerprint density at radius 3 is 2.31 bits per heavy atom. The summed E-state index contributed by atoms with van der Waals surface area (Å²) in [6.07, 6.45) is 1.22. The smallest absolute Gasteiger partial charge is 0.335 e. The Balaban J connectivity index is 1.65. The van der Waals surface area contributed by atoms with Crippen molar-refractivity contribution in [2.75, 3.05) is 4.90 Å².